The molecule has 6 heteroatoms. The van der Waals surface area contributed by atoms with E-state index in [-0.39, 0.29) is 35.6 Å². The highest BCUT2D eigenvalue weighted by Gasteiger charge is 2.42. The Kier molecular flexibility index (Phi) is 8.10. The van der Waals surface area contributed by atoms with Crippen molar-refractivity contribution in [2.24, 2.45) is 5.41 Å². The summed E-state index contributed by atoms with van der Waals surface area (Å²) < 4.78 is 0. The van der Waals surface area contributed by atoms with E-state index in [9.17, 15) is 10.1 Å². The average Bonchev–Trinajstić information content (AvgIpc) is 2.68. The van der Waals surface area contributed by atoms with Crippen LogP contribution in [0.25, 0.3) is 0 Å². The van der Waals surface area contributed by atoms with Crippen LogP contribution in [0, 0.1) is 16.7 Å². The van der Waals surface area contributed by atoms with E-state index in [0.29, 0.717) is 17.1 Å². The summed E-state index contributed by atoms with van der Waals surface area (Å²) in [6.45, 7) is 6.21. The summed E-state index contributed by atoms with van der Waals surface area (Å²) in [4.78, 5) is 12.8. The van der Waals surface area contributed by atoms with E-state index in [1.807, 2.05) is 42.5 Å². The Morgan fingerprint density at radius 1 is 1.24 bits per heavy atom. The number of carbonyl (C=O) groups excluding carboxylic acids is 1. The third-order valence-electron chi connectivity index (χ3n) is 6.01. The van der Waals surface area contributed by atoms with Crippen LogP contribution in [-0.4, -0.2) is 25.5 Å². The SMILES string of the molecule is CCC1(C(=O)NCC(c2cccc(C#N)c2)C(C)c2ccc(Cl)cc2)CNC1.Cl. The maximum atomic E-state index is 12.8. The van der Waals surface area contributed by atoms with E-state index >= 15 is 0 Å². The van der Waals surface area contributed by atoms with Crippen LogP contribution in [0.5, 0.6) is 0 Å². The molecule has 0 aromatic heterocycles. The van der Waals surface area contributed by atoms with Gasteiger partial charge in [-0.15, -0.1) is 12.4 Å². The van der Waals surface area contributed by atoms with Crippen molar-refractivity contribution in [2.75, 3.05) is 19.6 Å². The molecule has 1 aliphatic heterocycles. The van der Waals surface area contributed by atoms with Crippen LogP contribution in [0.1, 0.15) is 48.8 Å². The highest BCUT2D eigenvalue weighted by Crippen LogP contribution is 2.34. The highest BCUT2D eigenvalue weighted by molar-refractivity contribution is 6.30. The molecule has 2 atom stereocenters. The summed E-state index contributed by atoms with van der Waals surface area (Å²) in [6, 6.07) is 17.7. The monoisotopic (exact) mass is 431 g/mol. The van der Waals surface area contributed by atoms with Crippen molar-refractivity contribution in [3.8, 4) is 6.07 Å². The molecule has 0 saturated carbocycles. The van der Waals surface area contributed by atoms with Crippen molar-refractivity contribution in [3.05, 3.63) is 70.2 Å². The van der Waals surface area contributed by atoms with Crippen molar-refractivity contribution in [2.45, 2.75) is 32.1 Å². The molecule has 4 nitrogen and oxygen atoms in total. The molecule has 2 unspecified atom stereocenters. The van der Waals surface area contributed by atoms with Gasteiger partial charge >= 0.3 is 0 Å². The Labute approximate surface area is 184 Å². The Morgan fingerprint density at radius 3 is 2.48 bits per heavy atom. The zero-order chi connectivity index (χ0) is 20.1. The van der Waals surface area contributed by atoms with Gasteiger partial charge in [-0.05, 0) is 47.7 Å². The summed E-state index contributed by atoms with van der Waals surface area (Å²) in [7, 11) is 0. The normalized spacial score (nSPS) is 16.5. The molecular weight excluding hydrogens is 405 g/mol. The van der Waals surface area contributed by atoms with E-state index in [2.05, 4.69) is 30.6 Å². The largest absolute Gasteiger partial charge is 0.355 e. The van der Waals surface area contributed by atoms with Crippen molar-refractivity contribution in [1.29, 1.82) is 5.26 Å². The maximum absolute atomic E-state index is 12.8. The van der Waals surface area contributed by atoms with E-state index in [4.69, 9.17) is 11.6 Å². The standard InChI is InChI=1S/C23H26ClN3O.ClH/c1-3-23(14-26-15-23)22(28)27-13-21(19-6-4-5-17(11-19)12-25)16(2)18-7-9-20(24)10-8-18;/h4-11,16,21,26H,3,13-15H2,1-2H3,(H,27,28);1H. The minimum absolute atomic E-state index is 0. The fourth-order valence-electron chi connectivity index (χ4n) is 3.81. The fraction of sp³-hybridized carbons (Fsp3) is 0.391. The van der Waals surface area contributed by atoms with E-state index in [1.165, 1.54) is 0 Å². The Balaban J connectivity index is 0.00000300. The lowest BCUT2D eigenvalue weighted by Crippen LogP contribution is -2.61. The third-order valence-corrected chi connectivity index (χ3v) is 6.26. The lowest BCUT2D eigenvalue weighted by atomic mass is 9.77. The number of halogens is 2. The number of rotatable bonds is 7. The Morgan fingerprint density at radius 2 is 1.93 bits per heavy atom. The first kappa shape index (κ1) is 23.2. The van der Waals surface area contributed by atoms with Gasteiger partial charge in [0.1, 0.15) is 0 Å². The first-order valence-corrected chi connectivity index (χ1v) is 10.1. The van der Waals surface area contributed by atoms with Crippen LogP contribution in [0.3, 0.4) is 0 Å². The number of hydrogen-bond acceptors (Lipinski definition) is 3. The fourth-order valence-corrected chi connectivity index (χ4v) is 3.93. The van der Waals surface area contributed by atoms with Crippen LogP contribution >= 0.6 is 24.0 Å². The lowest BCUT2D eigenvalue weighted by molar-refractivity contribution is -0.134. The van der Waals surface area contributed by atoms with Crippen molar-refractivity contribution < 1.29 is 4.79 Å². The molecule has 1 fully saturated rings. The van der Waals surface area contributed by atoms with Crippen molar-refractivity contribution in [3.63, 3.8) is 0 Å². The van der Waals surface area contributed by atoms with Gasteiger partial charge in [-0.25, -0.2) is 0 Å². The van der Waals surface area contributed by atoms with E-state index < -0.39 is 0 Å². The number of nitriles is 1. The molecule has 2 aromatic carbocycles. The van der Waals surface area contributed by atoms with Crippen molar-refractivity contribution >= 4 is 29.9 Å². The molecule has 1 saturated heterocycles. The van der Waals surface area contributed by atoms with E-state index in [1.54, 1.807) is 6.07 Å². The minimum Gasteiger partial charge on any atom is -0.355 e. The van der Waals surface area contributed by atoms with Gasteiger partial charge in [-0.3, -0.25) is 4.79 Å². The van der Waals surface area contributed by atoms with Gasteiger partial charge < -0.3 is 10.6 Å². The molecule has 1 aliphatic rings. The van der Waals surface area contributed by atoms with Gasteiger partial charge in [0.25, 0.3) is 0 Å². The molecule has 2 N–H and O–H groups in total. The second-order valence-corrected chi connectivity index (χ2v) is 8.07. The van der Waals surface area contributed by atoms with E-state index in [0.717, 1.165) is 30.6 Å². The van der Waals surface area contributed by atoms with Gasteiger partial charge in [-0.1, -0.05) is 49.7 Å². The second kappa shape index (κ2) is 10.1. The van der Waals surface area contributed by atoms with Gasteiger partial charge in [0, 0.05) is 30.6 Å². The van der Waals surface area contributed by atoms with Gasteiger partial charge in [0.05, 0.1) is 17.0 Å². The minimum atomic E-state index is -0.289. The topological polar surface area (TPSA) is 64.9 Å². The molecule has 29 heavy (non-hydrogen) atoms. The molecule has 1 amide bonds. The summed E-state index contributed by atoms with van der Waals surface area (Å²) in [6.07, 6.45) is 0.827. The smallest absolute Gasteiger partial charge is 0.228 e. The van der Waals surface area contributed by atoms with Crippen molar-refractivity contribution in [1.82, 2.24) is 10.6 Å². The Bertz CT molecular complexity index is 867. The molecule has 1 heterocycles. The number of benzene rings is 2. The quantitative estimate of drug-likeness (QED) is 0.670. The summed E-state index contributed by atoms with van der Waals surface area (Å²) in [5, 5.41) is 16.4. The molecule has 3 rings (SSSR count). The molecule has 0 radical (unpaired) electrons. The zero-order valence-electron chi connectivity index (χ0n) is 16.7. The maximum Gasteiger partial charge on any atom is 0.228 e. The second-order valence-electron chi connectivity index (χ2n) is 7.63. The number of carbonyl (C=O) groups is 1. The molecule has 0 aliphatic carbocycles. The highest BCUT2D eigenvalue weighted by atomic mass is 35.5. The number of nitrogens with one attached hydrogen (secondary N) is 2. The Hall–Kier alpha value is -2.06. The van der Waals surface area contributed by atoms with Gasteiger partial charge in [-0.2, -0.15) is 5.26 Å². The zero-order valence-corrected chi connectivity index (χ0v) is 18.3. The number of nitrogens with zero attached hydrogens (tertiary/aromatic N) is 1. The first-order valence-electron chi connectivity index (χ1n) is 9.73. The molecule has 0 bridgehead atoms. The predicted octanol–water partition coefficient (Wildman–Crippen LogP) is 4.64. The molecule has 154 valence electrons. The van der Waals surface area contributed by atoms with Gasteiger partial charge in [0.15, 0.2) is 0 Å². The van der Waals surface area contributed by atoms with Crippen LogP contribution in [0.2, 0.25) is 5.02 Å². The van der Waals surface area contributed by atoms with Crippen LogP contribution < -0.4 is 10.6 Å². The molecular formula is C23H27Cl2N3O. The van der Waals surface area contributed by atoms with Crippen LogP contribution in [0.15, 0.2) is 48.5 Å². The predicted molar refractivity (Wildman–Crippen MR) is 120 cm³/mol. The number of hydrogen-bond donors (Lipinski definition) is 2. The summed E-state index contributed by atoms with van der Waals surface area (Å²) in [5.74, 6) is 0.322. The van der Waals surface area contributed by atoms with Crippen LogP contribution in [-0.2, 0) is 4.79 Å². The lowest BCUT2D eigenvalue weighted by Gasteiger charge is -2.40. The summed E-state index contributed by atoms with van der Waals surface area (Å²) >= 11 is 6.04. The summed E-state index contributed by atoms with van der Waals surface area (Å²) in [5.41, 5.74) is 2.55. The first-order chi connectivity index (χ1) is 13.5. The molecule has 0 spiro atoms. The molecule has 2 aromatic rings. The third kappa shape index (κ3) is 5.11. The van der Waals surface area contributed by atoms with Crippen LogP contribution in [0.4, 0.5) is 0 Å². The van der Waals surface area contributed by atoms with Gasteiger partial charge in [0.2, 0.25) is 5.91 Å². The average molecular weight is 432 g/mol. The number of amides is 1.